The van der Waals surface area contributed by atoms with Crippen molar-refractivity contribution in [3.05, 3.63) is 40.2 Å². The number of benzene rings is 1. The maximum absolute atomic E-state index is 12.8. The predicted molar refractivity (Wildman–Crippen MR) is 108 cm³/mol. The molecule has 1 aromatic carbocycles. The molecule has 2 atom stereocenters. The number of likely N-dealkylation sites (tertiary alicyclic amines) is 1. The van der Waals surface area contributed by atoms with Crippen LogP contribution in [0, 0.1) is 6.92 Å². The first kappa shape index (κ1) is 20.1. The first-order valence-electron chi connectivity index (χ1n) is 9.82. The maximum Gasteiger partial charge on any atom is 0.336 e. The highest BCUT2D eigenvalue weighted by Crippen LogP contribution is 2.24. The highest BCUT2D eigenvalue weighted by Gasteiger charge is 2.36. The molecule has 0 saturated carbocycles. The summed E-state index contributed by atoms with van der Waals surface area (Å²) in [4.78, 5) is 38.6. The first-order valence-corrected chi connectivity index (χ1v) is 9.82. The quantitative estimate of drug-likeness (QED) is 0.744. The molecule has 0 aliphatic carbocycles. The van der Waals surface area contributed by atoms with Gasteiger partial charge in [-0.3, -0.25) is 9.59 Å². The molecule has 1 aliphatic heterocycles. The molecular formula is C21H27N3O4. The van der Waals surface area contributed by atoms with Gasteiger partial charge in [-0.05, 0) is 43.9 Å². The van der Waals surface area contributed by atoms with E-state index in [-0.39, 0.29) is 11.8 Å². The Balaban J connectivity index is 1.74. The zero-order chi connectivity index (χ0) is 20.3. The van der Waals surface area contributed by atoms with E-state index in [9.17, 15) is 14.4 Å². The summed E-state index contributed by atoms with van der Waals surface area (Å²) in [6, 6.07) is 5.55. The largest absolute Gasteiger partial charge is 0.423 e. The predicted octanol–water partition coefficient (Wildman–Crippen LogP) is 2.55. The first-order chi connectivity index (χ1) is 13.4. The number of carbonyl (C=O) groups is 2. The number of nitrogens with zero attached hydrogens (tertiary/aromatic N) is 1. The topological polar surface area (TPSA) is 106 Å². The maximum atomic E-state index is 12.8. The van der Waals surface area contributed by atoms with Gasteiger partial charge in [0.25, 0.3) is 0 Å². The Labute approximate surface area is 163 Å². The van der Waals surface area contributed by atoms with E-state index >= 15 is 0 Å². The minimum absolute atomic E-state index is 0.161. The molecular weight excluding hydrogens is 358 g/mol. The third-order valence-electron chi connectivity index (χ3n) is 5.24. The van der Waals surface area contributed by atoms with Crippen molar-refractivity contribution in [3.63, 3.8) is 0 Å². The van der Waals surface area contributed by atoms with E-state index in [2.05, 4.69) is 12.2 Å². The Morgan fingerprint density at radius 1 is 1.36 bits per heavy atom. The Bertz CT molecular complexity index is 937. The van der Waals surface area contributed by atoms with E-state index in [1.807, 2.05) is 6.92 Å². The number of fused-ring (bicyclic) bond motifs is 1. The lowest BCUT2D eigenvalue weighted by molar-refractivity contribution is -0.137. The zero-order valence-corrected chi connectivity index (χ0v) is 16.4. The highest BCUT2D eigenvalue weighted by molar-refractivity contribution is 5.99. The Morgan fingerprint density at radius 2 is 2.14 bits per heavy atom. The summed E-state index contributed by atoms with van der Waals surface area (Å²) >= 11 is 0. The lowest BCUT2D eigenvalue weighted by atomic mass is 10.1. The molecule has 0 bridgehead atoms. The van der Waals surface area contributed by atoms with Gasteiger partial charge in [0, 0.05) is 29.8 Å². The summed E-state index contributed by atoms with van der Waals surface area (Å²) in [7, 11) is 0. The van der Waals surface area contributed by atoms with Gasteiger partial charge < -0.3 is 20.4 Å². The van der Waals surface area contributed by atoms with Gasteiger partial charge in [-0.25, -0.2) is 4.79 Å². The van der Waals surface area contributed by atoms with Gasteiger partial charge in [0.05, 0.1) is 6.04 Å². The number of hydrogen-bond donors (Lipinski definition) is 2. The van der Waals surface area contributed by atoms with Gasteiger partial charge in [0.2, 0.25) is 11.8 Å². The van der Waals surface area contributed by atoms with Crippen LogP contribution in [0.4, 0.5) is 5.69 Å². The van der Waals surface area contributed by atoms with Crippen molar-refractivity contribution in [1.29, 1.82) is 0 Å². The molecule has 2 amide bonds. The number of amides is 2. The van der Waals surface area contributed by atoms with Gasteiger partial charge in [0.15, 0.2) is 0 Å². The number of unbranched alkanes of at least 4 members (excludes halogenated alkanes) is 1. The molecule has 0 radical (unpaired) electrons. The molecule has 1 saturated heterocycles. The Kier molecular flexibility index (Phi) is 6.14. The van der Waals surface area contributed by atoms with Crippen LogP contribution in [0.25, 0.3) is 11.0 Å². The molecule has 3 N–H and O–H groups in total. The molecule has 1 fully saturated rings. The number of nitrogens with two attached hydrogens (primary N) is 1. The molecule has 7 nitrogen and oxygen atoms in total. The van der Waals surface area contributed by atoms with Crippen LogP contribution in [-0.2, 0) is 9.59 Å². The summed E-state index contributed by atoms with van der Waals surface area (Å²) < 4.78 is 5.23. The lowest BCUT2D eigenvalue weighted by Crippen LogP contribution is -2.49. The second-order valence-corrected chi connectivity index (χ2v) is 7.39. The van der Waals surface area contributed by atoms with E-state index in [0.717, 1.165) is 30.2 Å². The van der Waals surface area contributed by atoms with E-state index in [0.29, 0.717) is 30.7 Å². The highest BCUT2D eigenvalue weighted by atomic mass is 16.4. The summed E-state index contributed by atoms with van der Waals surface area (Å²) in [5, 5.41) is 3.66. The fourth-order valence-electron chi connectivity index (χ4n) is 3.69. The van der Waals surface area contributed by atoms with Gasteiger partial charge in [-0.2, -0.15) is 0 Å². The fraction of sp³-hybridized carbons (Fsp3) is 0.476. The average molecular weight is 385 g/mol. The smallest absolute Gasteiger partial charge is 0.336 e. The third kappa shape index (κ3) is 4.25. The number of aryl methyl sites for hydroxylation is 1. The lowest BCUT2D eigenvalue weighted by Gasteiger charge is -2.26. The van der Waals surface area contributed by atoms with E-state index < -0.39 is 17.7 Å². The summed E-state index contributed by atoms with van der Waals surface area (Å²) in [6.07, 6.45) is 3.88. The minimum Gasteiger partial charge on any atom is -0.423 e. The minimum atomic E-state index is -0.564. The Hall–Kier alpha value is -2.67. The second kappa shape index (κ2) is 8.56. The van der Waals surface area contributed by atoms with Crippen LogP contribution in [0.15, 0.2) is 33.5 Å². The van der Waals surface area contributed by atoms with Gasteiger partial charge in [0.1, 0.15) is 11.6 Å². The van der Waals surface area contributed by atoms with Crippen molar-refractivity contribution < 1.29 is 14.0 Å². The van der Waals surface area contributed by atoms with E-state index in [1.54, 1.807) is 23.1 Å². The third-order valence-corrected chi connectivity index (χ3v) is 5.24. The number of nitrogens with one attached hydrogen (secondary N) is 1. The molecule has 2 heterocycles. The van der Waals surface area contributed by atoms with Crippen LogP contribution >= 0.6 is 0 Å². The average Bonchev–Trinajstić information content (AvgIpc) is 3.14. The van der Waals surface area contributed by atoms with Crippen molar-refractivity contribution in [2.75, 3.05) is 11.9 Å². The van der Waals surface area contributed by atoms with Crippen LogP contribution in [0.2, 0.25) is 0 Å². The number of hydrogen-bond acceptors (Lipinski definition) is 5. The summed E-state index contributed by atoms with van der Waals surface area (Å²) in [6.45, 7) is 4.43. The van der Waals surface area contributed by atoms with Crippen molar-refractivity contribution in [2.24, 2.45) is 5.73 Å². The standard InChI is InChI=1S/C21H27N3O4/c1-3-4-6-16(22)21(27)24-10-5-7-17(24)20(26)23-14-8-9-15-13(2)11-19(25)28-18(15)12-14/h8-9,11-12,16-17H,3-7,10,22H2,1-2H3,(H,23,26). The molecule has 28 heavy (non-hydrogen) atoms. The molecule has 1 aromatic heterocycles. The van der Waals surface area contributed by atoms with Crippen LogP contribution in [0.3, 0.4) is 0 Å². The second-order valence-electron chi connectivity index (χ2n) is 7.39. The van der Waals surface area contributed by atoms with Crippen molar-refractivity contribution in [3.8, 4) is 0 Å². The molecule has 2 unspecified atom stereocenters. The van der Waals surface area contributed by atoms with Crippen LogP contribution < -0.4 is 16.7 Å². The molecule has 2 aromatic rings. The number of rotatable bonds is 6. The van der Waals surface area contributed by atoms with Crippen LogP contribution in [0.1, 0.15) is 44.6 Å². The number of anilines is 1. The fourth-order valence-corrected chi connectivity index (χ4v) is 3.69. The molecule has 7 heteroatoms. The van der Waals surface area contributed by atoms with Gasteiger partial charge >= 0.3 is 5.63 Å². The molecule has 150 valence electrons. The summed E-state index contributed by atoms with van der Waals surface area (Å²) in [5.74, 6) is -0.408. The zero-order valence-electron chi connectivity index (χ0n) is 16.4. The Morgan fingerprint density at radius 3 is 2.89 bits per heavy atom. The van der Waals surface area contributed by atoms with E-state index in [1.165, 1.54) is 6.07 Å². The monoisotopic (exact) mass is 385 g/mol. The van der Waals surface area contributed by atoms with Crippen molar-refractivity contribution in [2.45, 2.75) is 58.0 Å². The van der Waals surface area contributed by atoms with Gasteiger partial charge in [-0.15, -0.1) is 0 Å². The van der Waals surface area contributed by atoms with Crippen molar-refractivity contribution >= 4 is 28.5 Å². The van der Waals surface area contributed by atoms with Gasteiger partial charge in [-0.1, -0.05) is 19.8 Å². The normalized spacial score (nSPS) is 17.7. The molecule has 1 aliphatic rings. The van der Waals surface area contributed by atoms with E-state index in [4.69, 9.17) is 10.2 Å². The van der Waals surface area contributed by atoms with Crippen LogP contribution in [-0.4, -0.2) is 35.3 Å². The summed E-state index contributed by atoms with van der Waals surface area (Å²) in [5.41, 5.74) is 7.36. The van der Waals surface area contributed by atoms with Crippen LogP contribution in [0.5, 0.6) is 0 Å². The van der Waals surface area contributed by atoms with Crippen molar-refractivity contribution in [1.82, 2.24) is 4.90 Å². The number of carbonyl (C=O) groups excluding carboxylic acids is 2. The molecule has 0 spiro atoms. The SMILES string of the molecule is CCCCC(N)C(=O)N1CCCC1C(=O)Nc1ccc2c(C)cc(=O)oc2c1. The molecule has 3 rings (SSSR count).